The SMILES string of the molecule is C=C/C=C(\C=C/CF)Oc1cc(NC(=O)N2CCC(O)(CC(CC)CC)CC2)cc(Oc2ccc(C(=O)N3CCCC(O)C3)cc2)c1. The zero-order chi connectivity index (χ0) is 33.8. The third-order valence-electron chi connectivity index (χ3n) is 8.85. The van der Waals surface area contributed by atoms with Crippen molar-refractivity contribution in [2.75, 3.05) is 38.2 Å². The molecule has 2 aromatic carbocycles. The van der Waals surface area contributed by atoms with Crippen LogP contribution in [0.3, 0.4) is 0 Å². The Hall–Kier alpha value is -4.15. The highest BCUT2D eigenvalue weighted by Gasteiger charge is 2.35. The van der Waals surface area contributed by atoms with E-state index in [0.29, 0.717) is 85.6 Å². The standard InChI is InChI=1S/C37H48FN3O6/c1-4-9-31(11-7-18-38)46-33-22-29(39-36(44)40-20-16-37(45,17-21-40)25-27(5-2)6-3)23-34(24-33)47-32-14-12-28(13-15-32)35(43)41-19-8-10-30(42)26-41/h4,7,9,11-15,22-24,27,30,42,45H,1,5-6,8,10,16-21,25-26H2,2-3H3,(H,39,44)/b11-7-,31-9+. The first-order valence-corrected chi connectivity index (χ1v) is 16.6. The molecule has 0 aliphatic carbocycles. The quantitative estimate of drug-likeness (QED) is 0.156. The van der Waals surface area contributed by atoms with Gasteiger partial charge in [0.25, 0.3) is 5.91 Å². The maximum atomic E-state index is 13.3. The number of amides is 3. The molecule has 2 fully saturated rings. The first-order chi connectivity index (χ1) is 22.6. The van der Waals surface area contributed by atoms with E-state index in [4.69, 9.17) is 9.47 Å². The smallest absolute Gasteiger partial charge is 0.321 e. The number of anilines is 1. The fraction of sp³-hybridized carbons (Fsp3) is 0.459. The van der Waals surface area contributed by atoms with Crippen molar-refractivity contribution in [3.63, 3.8) is 0 Å². The van der Waals surface area contributed by atoms with Crippen LogP contribution in [0.15, 0.2) is 79.1 Å². The normalized spacial score (nSPS) is 18.3. The van der Waals surface area contributed by atoms with Crippen molar-refractivity contribution in [2.24, 2.45) is 5.92 Å². The fourth-order valence-electron chi connectivity index (χ4n) is 6.07. The van der Waals surface area contributed by atoms with Gasteiger partial charge in [-0.1, -0.05) is 45.4 Å². The maximum Gasteiger partial charge on any atom is 0.321 e. The van der Waals surface area contributed by atoms with Gasteiger partial charge in [0.2, 0.25) is 0 Å². The number of nitrogens with zero attached hydrogens (tertiary/aromatic N) is 2. The summed E-state index contributed by atoms with van der Waals surface area (Å²) >= 11 is 0. The van der Waals surface area contributed by atoms with Gasteiger partial charge in [0, 0.05) is 55.6 Å². The molecule has 3 amide bonds. The van der Waals surface area contributed by atoms with Crippen LogP contribution in [0.1, 0.15) is 69.2 Å². The number of alkyl halides is 1. The Bertz CT molecular complexity index is 1410. The van der Waals surface area contributed by atoms with Crippen LogP contribution in [-0.2, 0) is 0 Å². The molecule has 2 aliphatic heterocycles. The third-order valence-corrected chi connectivity index (χ3v) is 8.85. The summed E-state index contributed by atoms with van der Waals surface area (Å²) in [7, 11) is 0. The highest BCUT2D eigenvalue weighted by molar-refractivity contribution is 5.94. The highest BCUT2D eigenvalue weighted by atomic mass is 19.1. The van der Waals surface area contributed by atoms with Crippen molar-refractivity contribution >= 4 is 17.6 Å². The second-order valence-corrected chi connectivity index (χ2v) is 12.4. The Labute approximate surface area is 277 Å². The molecule has 1 atom stereocenters. The molecular weight excluding hydrogens is 601 g/mol. The maximum absolute atomic E-state index is 13.3. The molecule has 0 radical (unpaired) electrons. The molecular formula is C37H48FN3O6. The van der Waals surface area contributed by atoms with Crippen LogP contribution in [0.4, 0.5) is 14.9 Å². The summed E-state index contributed by atoms with van der Waals surface area (Å²) in [4.78, 5) is 29.6. The number of rotatable bonds is 13. The minimum Gasteiger partial charge on any atom is -0.457 e. The molecule has 4 rings (SSSR count). The predicted molar refractivity (Wildman–Crippen MR) is 182 cm³/mol. The van der Waals surface area contributed by atoms with Gasteiger partial charge in [0.15, 0.2) is 0 Å². The van der Waals surface area contributed by atoms with E-state index >= 15 is 0 Å². The summed E-state index contributed by atoms with van der Waals surface area (Å²) in [5.74, 6) is 1.81. The number of β-amino-alcohol motifs (C(OH)–C–C–N with tert-alkyl or cyclic N) is 1. The number of carbonyl (C=O) groups excluding carboxylic acids is 2. The lowest BCUT2D eigenvalue weighted by molar-refractivity contribution is -0.0309. The summed E-state index contributed by atoms with van der Waals surface area (Å²) in [6.45, 7) is 9.10. The van der Waals surface area contributed by atoms with Crippen LogP contribution in [0.5, 0.6) is 17.2 Å². The van der Waals surface area contributed by atoms with E-state index in [9.17, 15) is 24.2 Å². The van der Waals surface area contributed by atoms with Crippen molar-refractivity contribution in [2.45, 2.75) is 70.5 Å². The lowest BCUT2D eigenvalue weighted by atomic mass is 9.81. The van der Waals surface area contributed by atoms with Gasteiger partial charge in [-0.05, 0) is 74.4 Å². The number of likely N-dealkylation sites (tertiary alicyclic amines) is 2. The van der Waals surface area contributed by atoms with E-state index in [1.54, 1.807) is 58.3 Å². The molecule has 0 saturated carbocycles. The van der Waals surface area contributed by atoms with Crippen LogP contribution in [0.25, 0.3) is 0 Å². The van der Waals surface area contributed by atoms with E-state index in [1.807, 2.05) is 0 Å². The van der Waals surface area contributed by atoms with Gasteiger partial charge in [0.1, 0.15) is 29.7 Å². The number of hydrogen-bond donors (Lipinski definition) is 3. The second kappa shape index (κ2) is 17.1. The van der Waals surface area contributed by atoms with Crippen molar-refractivity contribution in [3.05, 3.63) is 84.7 Å². The number of carbonyl (C=O) groups is 2. The average molecular weight is 650 g/mol. The summed E-state index contributed by atoms with van der Waals surface area (Å²) < 4.78 is 25.0. The van der Waals surface area contributed by atoms with Crippen LogP contribution in [0, 0.1) is 5.92 Å². The molecule has 2 saturated heterocycles. The van der Waals surface area contributed by atoms with Crippen molar-refractivity contribution in [3.8, 4) is 17.2 Å². The highest BCUT2D eigenvalue weighted by Crippen LogP contribution is 2.34. The van der Waals surface area contributed by atoms with Gasteiger partial charge in [0.05, 0.1) is 11.7 Å². The Kier molecular flexibility index (Phi) is 13.0. The molecule has 254 valence electrons. The van der Waals surface area contributed by atoms with Gasteiger partial charge in [-0.25, -0.2) is 9.18 Å². The van der Waals surface area contributed by atoms with E-state index in [2.05, 4.69) is 25.7 Å². The van der Waals surface area contributed by atoms with Crippen LogP contribution >= 0.6 is 0 Å². The second-order valence-electron chi connectivity index (χ2n) is 12.4. The molecule has 0 bridgehead atoms. The topological polar surface area (TPSA) is 112 Å². The number of nitrogens with one attached hydrogen (secondary N) is 1. The zero-order valence-electron chi connectivity index (χ0n) is 27.5. The molecule has 0 spiro atoms. The van der Waals surface area contributed by atoms with E-state index in [1.165, 1.54) is 18.2 Å². The predicted octanol–water partition coefficient (Wildman–Crippen LogP) is 7.24. The van der Waals surface area contributed by atoms with E-state index in [-0.39, 0.29) is 11.9 Å². The van der Waals surface area contributed by atoms with E-state index < -0.39 is 18.4 Å². The Morgan fingerprint density at radius 1 is 1.06 bits per heavy atom. The van der Waals surface area contributed by atoms with Gasteiger partial charge < -0.3 is 34.8 Å². The number of aliphatic hydroxyl groups is 2. The summed E-state index contributed by atoms with van der Waals surface area (Å²) in [5, 5.41) is 24.1. The number of hydrogen-bond acceptors (Lipinski definition) is 6. The van der Waals surface area contributed by atoms with Crippen molar-refractivity contribution in [1.82, 2.24) is 9.80 Å². The molecule has 47 heavy (non-hydrogen) atoms. The largest absolute Gasteiger partial charge is 0.457 e. The first kappa shape index (κ1) is 35.7. The molecule has 0 aromatic heterocycles. The van der Waals surface area contributed by atoms with Crippen molar-refractivity contribution in [1.29, 1.82) is 0 Å². The van der Waals surface area contributed by atoms with Crippen LogP contribution < -0.4 is 14.8 Å². The molecule has 2 aromatic rings. The number of allylic oxidation sites excluding steroid dienone is 4. The lowest BCUT2D eigenvalue weighted by Crippen LogP contribution is -2.48. The van der Waals surface area contributed by atoms with Gasteiger partial charge >= 0.3 is 6.03 Å². The van der Waals surface area contributed by atoms with Crippen LogP contribution in [0.2, 0.25) is 0 Å². The number of halogens is 1. The molecule has 1 unspecified atom stereocenters. The van der Waals surface area contributed by atoms with Gasteiger partial charge in [-0.2, -0.15) is 0 Å². The van der Waals surface area contributed by atoms with E-state index in [0.717, 1.165) is 25.7 Å². The minimum absolute atomic E-state index is 0.148. The third kappa shape index (κ3) is 10.4. The molecule has 9 nitrogen and oxygen atoms in total. The molecule has 3 N–H and O–H groups in total. The summed E-state index contributed by atoms with van der Waals surface area (Å²) in [6.07, 6.45) is 10.7. The average Bonchev–Trinajstić information content (AvgIpc) is 3.06. The number of piperidine rings is 2. The number of aliphatic hydroxyl groups excluding tert-OH is 1. The van der Waals surface area contributed by atoms with Crippen molar-refractivity contribution < 1.29 is 33.7 Å². The van der Waals surface area contributed by atoms with Gasteiger partial charge in [-0.3, -0.25) is 4.79 Å². The monoisotopic (exact) mass is 649 g/mol. The Morgan fingerprint density at radius 2 is 1.77 bits per heavy atom. The summed E-state index contributed by atoms with van der Waals surface area (Å²) in [5.41, 5.74) is 0.144. The molecule has 2 heterocycles. The Morgan fingerprint density at radius 3 is 2.40 bits per heavy atom. The lowest BCUT2D eigenvalue weighted by Gasteiger charge is -2.39. The Balaban J connectivity index is 1.50. The number of benzene rings is 2. The number of urea groups is 1. The number of ether oxygens (including phenoxy) is 2. The summed E-state index contributed by atoms with van der Waals surface area (Å²) in [6, 6.07) is 11.4. The molecule has 2 aliphatic rings. The van der Waals surface area contributed by atoms with Crippen LogP contribution in [-0.4, -0.2) is 76.5 Å². The van der Waals surface area contributed by atoms with Gasteiger partial charge in [-0.15, -0.1) is 0 Å². The zero-order valence-corrected chi connectivity index (χ0v) is 27.5. The molecule has 10 heteroatoms. The first-order valence-electron chi connectivity index (χ1n) is 16.6. The minimum atomic E-state index is -0.765. The fourth-order valence-corrected chi connectivity index (χ4v) is 6.07.